The van der Waals surface area contributed by atoms with Gasteiger partial charge in [0.05, 0.1) is 10.5 Å². The second kappa shape index (κ2) is 8.47. The van der Waals surface area contributed by atoms with Gasteiger partial charge in [-0.15, -0.1) is 0 Å². The third kappa shape index (κ3) is 4.03. The highest BCUT2D eigenvalue weighted by atomic mass is 35.5. The predicted molar refractivity (Wildman–Crippen MR) is 121 cm³/mol. The van der Waals surface area contributed by atoms with Gasteiger partial charge in [-0.2, -0.15) is 0 Å². The van der Waals surface area contributed by atoms with E-state index in [4.69, 9.17) is 21.6 Å². The van der Waals surface area contributed by atoms with Crippen LogP contribution in [0.3, 0.4) is 0 Å². The van der Waals surface area contributed by atoms with Gasteiger partial charge in [-0.1, -0.05) is 30.7 Å². The molecule has 1 amide bonds. The van der Waals surface area contributed by atoms with Crippen molar-refractivity contribution in [2.45, 2.75) is 25.8 Å². The lowest BCUT2D eigenvalue weighted by Gasteiger charge is -2.29. The summed E-state index contributed by atoms with van der Waals surface area (Å²) in [6.45, 7) is 3.00. The van der Waals surface area contributed by atoms with E-state index < -0.39 is 12.2 Å². The number of hydrogen-bond donors (Lipinski definition) is 3. The second-order valence-electron chi connectivity index (χ2n) is 7.42. The first-order valence-corrected chi connectivity index (χ1v) is 10.3. The van der Waals surface area contributed by atoms with Gasteiger partial charge in [0.15, 0.2) is 5.82 Å². The van der Waals surface area contributed by atoms with Gasteiger partial charge in [-0.05, 0) is 31.5 Å². The van der Waals surface area contributed by atoms with Crippen LogP contribution in [0.25, 0.3) is 33.3 Å². The molecule has 0 radical (unpaired) electrons. The summed E-state index contributed by atoms with van der Waals surface area (Å²) in [4.78, 5) is 29.6. The van der Waals surface area contributed by atoms with Crippen molar-refractivity contribution < 1.29 is 9.18 Å². The van der Waals surface area contributed by atoms with Crippen molar-refractivity contribution >= 4 is 45.3 Å². The van der Waals surface area contributed by atoms with E-state index in [0.29, 0.717) is 28.7 Å². The number of carbonyl (C=O) groups is 1. The van der Waals surface area contributed by atoms with Crippen molar-refractivity contribution in [2.24, 2.45) is 0 Å². The molecule has 4 aromatic rings. The lowest BCUT2D eigenvalue weighted by molar-refractivity contribution is -0.125. The standard InChI is InChI=1S/C22H22ClFN6O/c1-3-22(2,21(31)25-9-8-24)30-20-14-6-4-5-7-17(14)28-19(29-20)16-12-27-18-15(16)10-13(23)11-26-18/h4-7,10-12H,3,8-9H2,1-2H3,(H,25,31)(H,26,27)(H,28,29,30)/t22-/m1/s1. The minimum Gasteiger partial charge on any atom is -0.356 e. The first-order valence-electron chi connectivity index (χ1n) is 9.97. The van der Waals surface area contributed by atoms with Crippen LogP contribution in [0.15, 0.2) is 42.7 Å². The number of aromatic nitrogens is 4. The van der Waals surface area contributed by atoms with Crippen molar-refractivity contribution in [3.8, 4) is 11.4 Å². The molecule has 0 fully saturated rings. The van der Waals surface area contributed by atoms with Crippen LogP contribution >= 0.6 is 11.6 Å². The van der Waals surface area contributed by atoms with Crippen LogP contribution in [0, 0.1) is 0 Å². The zero-order valence-electron chi connectivity index (χ0n) is 17.2. The number of amides is 1. The summed E-state index contributed by atoms with van der Waals surface area (Å²) >= 11 is 6.14. The van der Waals surface area contributed by atoms with Crippen molar-refractivity contribution in [3.63, 3.8) is 0 Å². The molecule has 3 aromatic heterocycles. The SMILES string of the molecule is CC[C@@](C)(Nc1nc(-c2c[nH]c3ncc(Cl)cc23)nc2ccccc12)C(=O)NCCF. The third-order valence-electron chi connectivity index (χ3n) is 5.32. The molecule has 1 aromatic carbocycles. The molecule has 3 heterocycles. The number of aromatic amines is 1. The van der Waals surface area contributed by atoms with Gasteiger partial charge < -0.3 is 15.6 Å². The van der Waals surface area contributed by atoms with Crippen LogP contribution in [0.2, 0.25) is 5.02 Å². The Morgan fingerprint density at radius 2 is 2.06 bits per heavy atom. The van der Waals surface area contributed by atoms with Crippen LogP contribution < -0.4 is 10.6 Å². The summed E-state index contributed by atoms with van der Waals surface area (Å²) in [5, 5.41) is 7.98. The minimum absolute atomic E-state index is 0.0328. The molecule has 4 rings (SSSR count). The molecule has 9 heteroatoms. The van der Waals surface area contributed by atoms with E-state index in [9.17, 15) is 9.18 Å². The maximum absolute atomic E-state index is 12.7. The molecule has 0 aliphatic heterocycles. The Morgan fingerprint density at radius 3 is 2.84 bits per heavy atom. The van der Waals surface area contributed by atoms with Gasteiger partial charge in [0.2, 0.25) is 5.91 Å². The monoisotopic (exact) mass is 440 g/mol. The highest BCUT2D eigenvalue weighted by Gasteiger charge is 2.32. The highest BCUT2D eigenvalue weighted by Crippen LogP contribution is 2.31. The first kappa shape index (κ1) is 21.0. The summed E-state index contributed by atoms with van der Waals surface area (Å²) < 4.78 is 12.6. The fourth-order valence-corrected chi connectivity index (χ4v) is 3.54. The second-order valence-corrected chi connectivity index (χ2v) is 7.86. The fourth-order valence-electron chi connectivity index (χ4n) is 3.38. The number of alkyl halides is 1. The molecule has 0 aliphatic carbocycles. The molecule has 160 valence electrons. The number of nitrogens with one attached hydrogen (secondary N) is 3. The van der Waals surface area contributed by atoms with Crippen molar-refractivity contribution in [3.05, 3.63) is 47.7 Å². The van der Waals surface area contributed by atoms with Gasteiger partial charge >= 0.3 is 0 Å². The van der Waals surface area contributed by atoms with Crippen molar-refractivity contribution in [2.75, 3.05) is 18.5 Å². The number of rotatable bonds is 7. The Kier molecular flexibility index (Phi) is 5.73. The van der Waals surface area contributed by atoms with Gasteiger partial charge in [0.1, 0.15) is 23.7 Å². The van der Waals surface area contributed by atoms with Crippen LogP contribution in [0.1, 0.15) is 20.3 Å². The molecule has 0 saturated carbocycles. The van der Waals surface area contributed by atoms with E-state index in [1.54, 1.807) is 19.3 Å². The first-order chi connectivity index (χ1) is 14.9. The molecule has 0 bridgehead atoms. The largest absolute Gasteiger partial charge is 0.356 e. The minimum atomic E-state index is -0.978. The van der Waals surface area contributed by atoms with Crippen LogP contribution in [0.5, 0.6) is 0 Å². The Balaban J connectivity index is 1.83. The number of carbonyl (C=O) groups excluding carboxylic acids is 1. The smallest absolute Gasteiger partial charge is 0.245 e. The topological polar surface area (TPSA) is 95.6 Å². The number of para-hydroxylation sites is 1. The average molecular weight is 441 g/mol. The zero-order valence-corrected chi connectivity index (χ0v) is 17.9. The average Bonchev–Trinajstić information content (AvgIpc) is 3.20. The fraction of sp³-hybridized carbons (Fsp3) is 0.273. The lowest BCUT2D eigenvalue weighted by Crippen LogP contribution is -2.50. The number of nitrogens with zero attached hydrogens (tertiary/aromatic N) is 3. The molecule has 7 nitrogen and oxygen atoms in total. The summed E-state index contributed by atoms with van der Waals surface area (Å²) in [6.07, 6.45) is 3.83. The number of H-pyrrole nitrogens is 1. The van der Waals surface area contributed by atoms with Crippen LogP contribution in [0.4, 0.5) is 10.2 Å². The molecule has 31 heavy (non-hydrogen) atoms. The van der Waals surface area contributed by atoms with E-state index in [2.05, 4.69) is 20.6 Å². The van der Waals surface area contributed by atoms with E-state index in [1.165, 1.54) is 0 Å². The maximum atomic E-state index is 12.7. The van der Waals surface area contributed by atoms with E-state index in [1.807, 2.05) is 37.3 Å². The molecule has 0 aliphatic rings. The molecule has 3 N–H and O–H groups in total. The summed E-state index contributed by atoms with van der Waals surface area (Å²) in [5.74, 6) is 0.698. The van der Waals surface area contributed by atoms with Crippen LogP contribution in [-0.4, -0.2) is 44.6 Å². The number of benzene rings is 1. The predicted octanol–water partition coefficient (Wildman–Crippen LogP) is 4.49. The molecular formula is C22H22ClFN6O. The van der Waals surface area contributed by atoms with Gasteiger partial charge in [0.25, 0.3) is 0 Å². The van der Waals surface area contributed by atoms with E-state index in [-0.39, 0.29) is 12.5 Å². The normalized spacial score (nSPS) is 13.3. The van der Waals surface area contributed by atoms with Gasteiger partial charge in [0, 0.05) is 35.3 Å². The summed E-state index contributed by atoms with van der Waals surface area (Å²) in [7, 11) is 0. The molecular weight excluding hydrogens is 419 g/mol. The molecule has 1 atom stereocenters. The van der Waals surface area contributed by atoms with E-state index >= 15 is 0 Å². The number of pyridine rings is 1. The van der Waals surface area contributed by atoms with Gasteiger partial charge in [-0.3, -0.25) is 4.79 Å². The number of hydrogen-bond acceptors (Lipinski definition) is 5. The van der Waals surface area contributed by atoms with Crippen LogP contribution in [-0.2, 0) is 4.79 Å². The lowest BCUT2D eigenvalue weighted by atomic mass is 9.97. The Bertz CT molecular complexity index is 1260. The third-order valence-corrected chi connectivity index (χ3v) is 5.53. The number of fused-ring (bicyclic) bond motifs is 2. The van der Waals surface area contributed by atoms with Crippen molar-refractivity contribution in [1.82, 2.24) is 25.3 Å². The quantitative estimate of drug-likeness (QED) is 0.393. The molecule has 0 saturated heterocycles. The summed E-state index contributed by atoms with van der Waals surface area (Å²) in [6, 6.07) is 9.37. The maximum Gasteiger partial charge on any atom is 0.245 e. The number of anilines is 1. The highest BCUT2D eigenvalue weighted by molar-refractivity contribution is 6.31. The van der Waals surface area contributed by atoms with Gasteiger partial charge in [-0.25, -0.2) is 19.3 Å². The Hall–Kier alpha value is -3.26. The molecule has 0 spiro atoms. The molecule has 0 unspecified atom stereocenters. The zero-order chi connectivity index (χ0) is 22.0. The van der Waals surface area contributed by atoms with Crippen molar-refractivity contribution in [1.29, 1.82) is 0 Å². The number of halogens is 2. The van der Waals surface area contributed by atoms with E-state index in [0.717, 1.165) is 21.9 Å². The summed E-state index contributed by atoms with van der Waals surface area (Å²) in [5.41, 5.74) is 1.17. The Morgan fingerprint density at radius 1 is 1.26 bits per heavy atom. The Labute approximate surface area is 183 Å².